The van der Waals surface area contributed by atoms with E-state index in [1.807, 2.05) is 0 Å². The third-order valence-electron chi connectivity index (χ3n) is 4.44. The van der Waals surface area contributed by atoms with E-state index in [0.717, 1.165) is 35.8 Å². The van der Waals surface area contributed by atoms with Crippen LogP contribution >= 0.6 is 11.6 Å². The van der Waals surface area contributed by atoms with Crippen LogP contribution in [0, 0.1) is 6.92 Å². The minimum absolute atomic E-state index is 0.171. The molecule has 1 heterocycles. The van der Waals surface area contributed by atoms with Crippen molar-refractivity contribution in [2.75, 3.05) is 49.8 Å². The molecule has 134 valence electrons. The molecular formula is C16H25ClN3O3S+. The number of halogens is 1. The highest BCUT2D eigenvalue weighted by Crippen LogP contribution is 2.26. The van der Waals surface area contributed by atoms with E-state index in [2.05, 4.69) is 6.92 Å². The molecule has 1 fully saturated rings. The molecule has 1 aliphatic heterocycles. The number of benzene rings is 1. The van der Waals surface area contributed by atoms with Crippen LogP contribution in [0.5, 0.6) is 0 Å². The van der Waals surface area contributed by atoms with Crippen LogP contribution in [0.25, 0.3) is 0 Å². The zero-order valence-electron chi connectivity index (χ0n) is 14.4. The van der Waals surface area contributed by atoms with Crippen molar-refractivity contribution in [3.63, 3.8) is 0 Å². The molecule has 8 heteroatoms. The number of anilines is 1. The van der Waals surface area contributed by atoms with Crippen molar-refractivity contribution in [1.82, 2.24) is 4.90 Å². The summed E-state index contributed by atoms with van der Waals surface area (Å²) in [5.41, 5.74) is 1.22. The Balaban J connectivity index is 2.19. The van der Waals surface area contributed by atoms with E-state index in [9.17, 15) is 13.2 Å². The van der Waals surface area contributed by atoms with E-state index in [0.29, 0.717) is 23.8 Å². The maximum atomic E-state index is 12.6. The summed E-state index contributed by atoms with van der Waals surface area (Å²) in [6.07, 6.45) is 1.11. The van der Waals surface area contributed by atoms with Gasteiger partial charge < -0.3 is 9.80 Å². The monoisotopic (exact) mass is 374 g/mol. The van der Waals surface area contributed by atoms with Gasteiger partial charge in [0.15, 0.2) is 0 Å². The predicted octanol–water partition coefficient (Wildman–Crippen LogP) is 0.161. The van der Waals surface area contributed by atoms with Crippen molar-refractivity contribution < 1.29 is 18.1 Å². The maximum Gasteiger partial charge on any atom is 0.243 e. The smallest absolute Gasteiger partial charge is 0.243 e. The molecule has 0 saturated carbocycles. The summed E-state index contributed by atoms with van der Waals surface area (Å²) in [4.78, 5) is 15.8. The van der Waals surface area contributed by atoms with E-state index in [-0.39, 0.29) is 12.5 Å². The number of piperazine rings is 1. The van der Waals surface area contributed by atoms with Gasteiger partial charge in [-0.05, 0) is 31.5 Å². The molecule has 0 unspecified atom stereocenters. The van der Waals surface area contributed by atoms with E-state index < -0.39 is 10.0 Å². The van der Waals surface area contributed by atoms with Crippen molar-refractivity contribution >= 4 is 33.2 Å². The number of carbonyl (C=O) groups excluding carboxylic acids is 1. The van der Waals surface area contributed by atoms with Gasteiger partial charge in [0.25, 0.3) is 0 Å². The second kappa shape index (κ2) is 7.72. The Morgan fingerprint density at radius 1 is 1.33 bits per heavy atom. The van der Waals surface area contributed by atoms with Gasteiger partial charge in [0, 0.05) is 5.02 Å². The van der Waals surface area contributed by atoms with Crippen molar-refractivity contribution in [3.05, 3.63) is 28.8 Å². The average molecular weight is 375 g/mol. The standard InChI is InChI=1S/C16H24ClN3O3S/c1-4-18-7-9-19(10-8-18)16(21)12-20(24(3,22)23)15-11-14(17)6-5-13(15)2/h5-6,11H,4,7-10,12H2,1-3H3/p+1. The molecule has 0 spiro atoms. The summed E-state index contributed by atoms with van der Waals surface area (Å²) >= 11 is 6.01. The molecule has 0 atom stereocenters. The Labute approximate surface area is 149 Å². The number of carbonyl (C=O) groups is 1. The van der Waals surface area contributed by atoms with Crippen molar-refractivity contribution in [2.24, 2.45) is 0 Å². The lowest BCUT2D eigenvalue weighted by atomic mass is 10.2. The van der Waals surface area contributed by atoms with Gasteiger partial charge in [0.1, 0.15) is 6.54 Å². The van der Waals surface area contributed by atoms with E-state index in [1.165, 1.54) is 4.90 Å². The fourth-order valence-corrected chi connectivity index (χ4v) is 3.95. The molecule has 1 aliphatic rings. The zero-order valence-corrected chi connectivity index (χ0v) is 16.0. The Hall–Kier alpha value is -1.31. The van der Waals surface area contributed by atoms with Crippen molar-refractivity contribution in [2.45, 2.75) is 13.8 Å². The minimum Gasteiger partial charge on any atom is -0.332 e. The molecule has 1 aromatic rings. The second-order valence-electron chi connectivity index (χ2n) is 6.18. The second-order valence-corrected chi connectivity index (χ2v) is 8.53. The van der Waals surface area contributed by atoms with Crippen LogP contribution in [0.15, 0.2) is 18.2 Å². The summed E-state index contributed by atoms with van der Waals surface area (Å²) in [5, 5.41) is 0.442. The number of sulfonamides is 1. The minimum atomic E-state index is -3.58. The van der Waals surface area contributed by atoms with E-state index in [1.54, 1.807) is 30.0 Å². The first kappa shape index (κ1) is 19.0. The van der Waals surface area contributed by atoms with Gasteiger partial charge >= 0.3 is 0 Å². The van der Waals surface area contributed by atoms with E-state index in [4.69, 9.17) is 11.6 Å². The molecular weight excluding hydrogens is 350 g/mol. The number of quaternary nitrogens is 1. The van der Waals surface area contributed by atoms with Gasteiger partial charge in [-0.25, -0.2) is 8.42 Å². The van der Waals surface area contributed by atoms with E-state index >= 15 is 0 Å². The zero-order chi connectivity index (χ0) is 17.9. The summed E-state index contributed by atoms with van der Waals surface area (Å²) in [6.45, 7) is 7.90. The lowest BCUT2D eigenvalue weighted by Crippen LogP contribution is -3.14. The van der Waals surface area contributed by atoms with Gasteiger partial charge in [-0.1, -0.05) is 17.7 Å². The molecule has 1 amide bonds. The van der Waals surface area contributed by atoms with Crippen LogP contribution in [-0.2, 0) is 14.8 Å². The highest BCUT2D eigenvalue weighted by Gasteiger charge is 2.28. The summed E-state index contributed by atoms with van der Waals surface area (Å²) < 4.78 is 25.6. The normalized spacial score (nSPS) is 16.2. The highest BCUT2D eigenvalue weighted by atomic mass is 35.5. The molecule has 1 saturated heterocycles. The predicted molar refractivity (Wildman–Crippen MR) is 96.2 cm³/mol. The van der Waals surface area contributed by atoms with Gasteiger partial charge in [0.05, 0.1) is 44.7 Å². The average Bonchev–Trinajstić information content (AvgIpc) is 2.54. The number of nitrogens with one attached hydrogen (secondary N) is 1. The Morgan fingerprint density at radius 2 is 1.96 bits per heavy atom. The van der Waals surface area contributed by atoms with Crippen molar-refractivity contribution in [1.29, 1.82) is 0 Å². The Morgan fingerprint density at radius 3 is 2.50 bits per heavy atom. The number of amides is 1. The quantitative estimate of drug-likeness (QED) is 0.798. The molecule has 0 aliphatic carbocycles. The molecule has 2 rings (SSSR count). The summed E-state index contributed by atoms with van der Waals surface area (Å²) in [7, 11) is -3.58. The van der Waals surface area contributed by atoms with Crippen LogP contribution < -0.4 is 9.21 Å². The third-order valence-corrected chi connectivity index (χ3v) is 5.80. The number of rotatable bonds is 5. The summed E-state index contributed by atoms with van der Waals surface area (Å²) in [5.74, 6) is -0.171. The number of hydrogen-bond donors (Lipinski definition) is 1. The first-order valence-electron chi connectivity index (χ1n) is 8.07. The maximum absolute atomic E-state index is 12.6. The molecule has 6 nitrogen and oxygen atoms in total. The lowest BCUT2D eigenvalue weighted by Gasteiger charge is -2.33. The van der Waals surface area contributed by atoms with Crippen LogP contribution in [0.4, 0.5) is 5.69 Å². The number of aryl methyl sites for hydroxylation is 1. The van der Waals surface area contributed by atoms with Gasteiger partial charge in [0.2, 0.25) is 15.9 Å². The largest absolute Gasteiger partial charge is 0.332 e. The Bertz CT molecular complexity index is 701. The lowest BCUT2D eigenvalue weighted by molar-refractivity contribution is -0.902. The van der Waals surface area contributed by atoms with Crippen LogP contribution in [0.1, 0.15) is 12.5 Å². The Kier molecular flexibility index (Phi) is 6.11. The van der Waals surface area contributed by atoms with Crippen LogP contribution in [0.3, 0.4) is 0 Å². The molecule has 0 radical (unpaired) electrons. The first-order valence-corrected chi connectivity index (χ1v) is 10.3. The summed E-state index contributed by atoms with van der Waals surface area (Å²) in [6, 6.07) is 5.05. The molecule has 1 aromatic carbocycles. The molecule has 0 aromatic heterocycles. The topological polar surface area (TPSA) is 62.1 Å². The number of likely N-dealkylation sites (N-methyl/N-ethyl adjacent to an activating group) is 1. The van der Waals surface area contributed by atoms with Crippen molar-refractivity contribution in [3.8, 4) is 0 Å². The molecule has 0 bridgehead atoms. The molecule has 1 N–H and O–H groups in total. The third kappa shape index (κ3) is 4.62. The number of nitrogens with zero attached hydrogens (tertiary/aromatic N) is 2. The fraction of sp³-hybridized carbons (Fsp3) is 0.562. The molecule has 24 heavy (non-hydrogen) atoms. The van der Waals surface area contributed by atoms with Gasteiger partial charge in [-0.2, -0.15) is 0 Å². The van der Waals surface area contributed by atoms with Crippen LogP contribution in [-0.4, -0.2) is 64.7 Å². The van der Waals surface area contributed by atoms with Gasteiger partial charge in [-0.3, -0.25) is 9.10 Å². The van der Waals surface area contributed by atoms with Gasteiger partial charge in [-0.15, -0.1) is 0 Å². The first-order chi connectivity index (χ1) is 11.2. The number of hydrogen-bond acceptors (Lipinski definition) is 3. The highest BCUT2D eigenvalue weighted by molar-refractivity contribution is 7.92. The SMILES string of the molecule is CC[NH+]1CCN(C(=O)CN(c2cc(Cl)ccc2C)S(C)(=O)=O)CC1. The van der Waals surface area contributed by atoms with Crippen LogP contribution in [0.2, 0.25) is 5.02 Å². The fourth-order valence-electron chi connectivity index (χ4n) is 2.88.